The molecule has 4 aliphatic rings. The van der Waals surface area contributed by atoms with Crippen molar-refractivity contribution in [1.82, 2.24) is 0 Å². The Morgan fingerprint density at radius 3 is 2.57 bits per heavy atom. The monoisotopic (exact) mass is 486 g/mol. The molecule has 0 spiro atoms. The highest BCUT2D eigenvalue weighted by Gasteiger charge is 2.22. The van der Waals surface area contributed by atoms with E-state index in [0.717, 1.165) is 18.6 Å². The number of benzene rings is 3. The number of fused-ring (bicyclic) bond motifs is 5. The van der Waals surface area contributed by atoms with Crippen molar-refractivity contribution in [1.29, 1.82) is 0 Å². The summed E-state index contributed by atoms with van der Waals surface area (Å²) >= 11 is 0. The van der Waals surface area contributed by atoms with E-state index in [0.29, 0.717) is 18.4 Å². The van der Waals surface area contributed by atoms with E-state index in [1.807, 2.05) is 42.5 Å². The van der Waals surface area contributed by atoms with Crippen LogP contribution in [0.25, 0.3) is 29.9 Å². The predicted molar refractivity (Wildman–Crippen MR) is 153 cm³/mol. The van der Waals surface area contributed by atoms with Crippen molar-refractivity contribution in [3.8, 4) is 5.75 Å². The molecule has 0 saturated carbocycles. The zero-order valence-corrected chi connectivity index (χ0v) is 21.4. The fourth-order valence-corrected chi connectivity index (χ4v) is 5.65. The number of ether oxygens (including phenoxy) is 1. The lowest BCUT2D eigenvalue weighted by molar-refractivity contribution is 0.358. The molecule has 3 aromatic rings. The van der Waals surface area contributed by atoms with Gasteiger partial charge < -0.3 is 4.74 Å². The van der Waals surface area contributed by atoms with Crippen LogP contribution in [0.3, 0.4) is 0 Å². The Balaban J connectivity index is 0.000000210. The van der Waals surface area contributed by atoms with E-state index < -0.39 is 0 Å². The number of halogens is 1. The zero-order chi connectivity index (χ0) is 25.4. The first-order valence-corrected chi connectivity index (χ1v) is 13.1. The van der Waals surface area contributed by atoms with Gasteiger partial charge in [0.2, 0.25) is 0 Å². The van der Waals surface area contributed by atoms with Gasteiger partial charge in [0.15, 0.2) is 0 Å². The van der Waals surface area contributed by atoms with Crippen molar-refractivity contribution in [2.75, 3.05) is 6.61 Å². The lowest BCUT2D eigenvalue weighted by Crippen LogP contribution is -2.34. The molecule has 184 valence electrons. The predicted octanol–water partition coefficient (Wildman–Crippen LogP) is 7.43. The molecular formula is C35H31FO. The van der Waals surface area contributed by atoms with Crippen molar-refractivity contribution in [2.45, 2.75) is 32.6 Å². The Morgan fingerprint density at radius 2 is 1.73 bits per heavy atom. The number of para-hydroxylation sites is 1. The van der Waals surface area contributed by atoms with Gasteiger partial charge in [-0.15, -0.1) is 0 Å². The van der Waals surface area contributed by atoms with Crippen LogP contribution in [-0.2, 0) is 0 Å². The molecule has 0 saturated heterocycles. The second-order valence-electron chi connectivity index (χ2n) is 10.3. The maximum absolute atomic E-state index is 13.2. The minimum atomic E-state index is -0.169. The molecule has 1 nitrogen and oxygen atoms in total. The van der Waals surface area contributed by atoms with Crippen LogP contribution in [0, 0.1) is 11.7 Å². The van der Waals surface area contributed by atoms with Gasteiger partial charge in [0.05, 0.1) is 0 Å². The van der Waals surface area contributed by atoms with Gasteiger partial charge in [0, 0.05) is 11.5 Å². The van der Waals surface area contributed by atoms with E-state index >= 15 is 0 Å². The molecule has 2 atom stereocenters. The van der Waals surface area contributed by atoms with E-state index in [4.69, 9.17) is 4.74 Å². The van der Waals surface area contributed by atoms with E-state index in [1.165, 1.54) is 49.4 Å². The largest absolute Gasteiger partial charge is 0.489 e. The Labute approximate surface area is 218 Å². The fourth-order valence-electron chi connectivity index (χ4n) is 5.65. The number of rotatable bonds is 1. The van der Waals surface area contributed by atoms with Gasteiger partial charge in [0.1, 0.15) is 18.2 Å². The molecular weight excluding hydrogens is 455 g/mol. The standard InChI is InChI=1S/C26H23F.C9H8O/c1-16-13-20-6-11-24-23-10-5-19(18-3-8-22(27)9-4-18)15-21(23)7-12-25(24)26(20)14-17(16)2;1-2-6-9-8(4-1)5-3-7-10-9/h3-6,8-14,17,19H,7,15H2,1-2H3;1-6H,7H2. The van der Waals surface area contributed by atoms with Crippen molar-refractivity contribution >= 4 is 29.9 Å². The van der Waals surface area contributed by atoms with Crippen LogP contribution >= 0.6 is 0 Å². The summed E-state index contributed by atoms with van der Waals surface area (Å²) in [4.78, 5) is 0. The maximum Gasteiger partial charge on any atom is 0.126 e. The maximum atomic E-state index is 13.2. The van der Waals surface area contributed by atoms with Crippen molar-refractivity contribution in [2.24, 2.45) is 5.92 Å². The van der Waals surface area contributed by atoms with Crippen LogP contribution < -0.4 is 15.2 Å². The second-order valence-corrected chi connectivity index (χ2v) is 10.3. The Hall–Kier alpha value is -3.91. The SMILES string of the molecule is C1=Cc2ccccc2OC1.CC1=Cc2ccc3c(c2=CC1C)=CCC1=C3C=CC(c2ccc(F)cc2)C1. The first-order chi connectivity index (χ1) is 18.1. The topological polar surface area (TPSA) is 9.23 Å². The van der Waals surface area contributed by atoms with Crippen molar-refractivity contribution in [3.63, 3.8) is 0 Å². The van der Waals surface area contributed by atoms with Crippen molar-refractivity contribution in [3.05, 3.63) is 129 Å². The summed E-state index contributed by atoms with van der Waals surface area (Å²) < 4.78 is 18.6. The van der Waals surface area contributed by atoms with Gasteiger partial charge in [-0.05, 0) is 82.7 Å². The molecule has 3 aromatic carbocycles. The molecule has 2 heteroatoms. The molecule has 0 radical (unpaired) electrons. The van der Waals surface area contributed by atoms with Crippen LogP contribution in [0.4, 0.5) is 4.39 Å². The molecule has 3 aliphatic carbocycles. The van der Waals surface area contributed by atoms with E-state index in [9.17, 15) is 4.39 Å². The highest BCUT2D eigenvalue weighted by atomic mass is 19.1. The first kappa shape index (κ1) is 23.5. The Bertz CT molecular complexity index is 1600. The van der Waals surface area contributed by atoms with Crippen LogP contribution in [0.5, 0.6) is 5.75 Å². The van der Waals surface area contributed by atoms with E-state index in [1.54, 1.807) is 12.1 Å². The summed E-state index contributed by atoms with van der Waals surface area (Å²) in [6, 6.07) is 19.5. The molecule has 0 fully saturated rings. The highest BCUT2D eigenvalue weighted by molar-refractivity contribution is 5.83. The number of hydrogen-bond acceptors (Lipinski definition) is 1. The summed E-state index contributed by atoms with van der Waals surface area (Å²) in [5, 5.41) is 2.79. The van der Waals surface area contributed by atoms with E-state index in [-0.39, 0.29) is 5.82 Å². The van der Waals surface area contributed by atoms with Crippen LogP contribution in [0.1, 0.15) is 54.9 Å². The lowest BCUT2D eigenvalue weighted by atomic mass is 9.78. The second kappa shape index (κ2) is 9.86. The third-order valence-corrected chi connectivity index (χ3v) is 7.87. The molecule has 0 N–H and O–H groups in total. The minimum Gasteiger partial charge on any atom is -0.489 e. The fraction of sp³-hybridized carbons (Fsp3) is 0.200. The lowest BCUT2D eigenvalue weighted by Gasteiger charge is -2.26. The minimum absolute atomic E-state index is 0.169. The van der Waals surface area contributed by atoms with Gasteiger partial charge in [-0.25, -0.2) is 4.39 Å². The molecule has 2 unspecified atom stereocenters. The van der Waals surface area contributed by atoms with Gasteiger partial charge in [-0.2, -0.15) is 0 Å². The summed E-state index contributed by atoms with van der Waals surface area (Å²) in [6.45, 7) is 5.19. The van der Waals surface area contributed by atoms with Crippen LogP contribution in [-0.4, -0.2) is 6.61 Å². The molecule has 0 aromatic heterocycles. The smallest absolute Gasteiger partial charge is 0.126 e. The Morgan fingerprint density at radius 1 is 0.892 bits per heavy atom. The molecule has 0 amide bonds. The summed E-state index contributed by atoms with van der Waals surface area (Å²) in [7, 11) is 0. The van der Waals surface area contributed by atoms with Gasteiger partial charge in [0.25, 0.3) is 0 Å². The number of hydrogen-bond donors (Lipinski definition) is 0. The van der Waals surface area contributed by atoms with Crippen molar-refractivity contribution < 1.29 is 9.13 Å². The van der Waals surface area contributed by atoms with Gasteiger partial charge >= 0.3 is 0 Å². The summed E-state index contributed by atoms with van der Waals surface area (Å²) in [5.74, 6) is 1.66. The average molecular weight is 487 g/mol. The van der Waals surface area contributed by atoms with Crippen LogP contribution in [0.15, 0.2) is 90.0 Å². The molecule has 37 heavy (non-hydrogen) atoms. The van der Waals surface area contributed by atoms with E-state index in [2.05, 4.69) is 62.4 Å². The summed E-state index contributed by atoms with van der Waals surface area (Å²) in [6.07, 6.45) is 17.9. The molecule has 1 heterocycles. The van der Waals surface area contributed by atoms with Crippen LogP contribution in [0.2, 0.25) is 0 Å². The average Bonchev–Trinajstić information content (AvgIpc) is 2.94. The molecule has 0 bridgehead atoms. The highest BCUT2D eigenvalue weighted by Crippen LogP contribution is 2.38. The molecule has 1 aliphatic heterocycles. The normalized spacial score (nSPS) is 20.5. The first-order valence-electron chi connectivity index (χ1n) is 13.1. The molecule has 7 rings (SSSR count). The van der Waals surface area contributed by atoms with Gasteiger partial charge in [-0.1, -0.05) is 97.0 Å². The quantitative estimate of drug-likeness (QED) is 0.347. The number of allylic oxidation sites excluding steroid dienone is 5. The zero-order valence-electron chi connectivity index (χ0n) is 21.4. The Kier molecular flexibility index (Phi) is 6.26. The third-order valence-electron chi connectivity index (χ3n) is 7.87. The van der Waals surface area contributed by atoms with Gasteiger partial charge in [-0.3, -0.25) is 0 Å². The summed E-state index contributed by atoms with van der Waals surface area (Å²) in [5.41, 5.74) is 9.38. The third kappa shape index (κ3) is 4.64.